The van der Waals surface area contributed by atoms with E-state index in [0.717, 1.165) is 11.0 Å². The average Bonchev–Trinajstić information content (AvgIpc) is 2.75. The lowest BCUT2D eigenvalue weighted by molar-refractivity contribution is -0.142. The van der Waals surface area contributed by atoms with Crippen LogP contribution >= 0.6 is 0 Å². The summed E-state index contributed by atoms with van der Waals surface area (Å²) in [6.45, 7) is 4.49. The molecule has 0 radical (unpaired) electrons. The molecule has 0 aliphatic carbocycles. The molecule has 1 heterocycles. The summed E-state index contributed by atoms with van der Waals surface area (Å²) in [5.74, 6) is -2.40. The van der Waals surface area contributed by atoms with Crippen molar-refractivity contribution >= 4 is 27.9 Å². The minimum atomic E-state index is -4.04. The predicted molar refractivity (Wildman–Crippen MR) is 116 cm³/mol. The highest BCUT2D eigenvalue weighted by atomic mass is 32.2. The molecule has 156 valence electrons. The maximum atomic E-state index is 13.0. The molecule has 1 N–H and O–H groups in total. The third-order valence-electron chi connectivity index (χ3n) is 4.94. The molecule has 0 bridgehead atoms. The van der Waals surface area contributed by atoms with Gasteiger partial charge in [-0.15, -0.1) is 6.58 Å². The maximum Gasteiger partial charge on any atom is 0.257 e. The van der Waals surface area contributed by atoms with Crippen molar-refractivity contribution in [2.24, 2.45) is 5.92 Å². The first-order chi connectivity index (χ1) is 14.4. The van der Waals surface area contributed by atoms with Crippen molar-refractivity contribution < 1.29 is 18.0 Å². The third-order valence-corrected chi connectivity index (χ3v) is 5.92. The number of hydrogen-bond acceptors (Lipinski definition) is 4. The molecule has 0 spiro atoms. The highest BCUT2D eigenvalue weighted by Crippen LogP contribution is 2.21. The van der Waals surface area contributed by atoms with Crippen LogP contribution in [0.1, 0.15) is 23.1 Å². The van der Waals surface area contributed by atoms with Crippen LogP contribution < -0.4 is 4.72 Å². The second-order valence-corrected chi connectivity index (χ2v) is 8.65. The van der Waals surface area contributed by atoms with Crippen molar-refractivity contribution in [2.45, 2.75) is 19.4 Å². The van der Waals surface area contributed by atoms with E-state index in [9.17, 15) is 18.0 Å². The number of allylic oxidation sites excluding steroid dienone is 1. The van der Waals surface area contributed by atoms with E-state index in [-0.39, 0.29) is 6.42 Å². The first-order valence-corrected chi connectivity index (χ1v) is 11.2. The number of benzene rings is 2. The van der Waals surface area contributed by atoms with Crippen LogP contribution in [-0.4, -0.2) is 31.7 Å². The molecule has 1 atom stereocenters. The number of nitrogens with one attached hydrogen (secondary N) is 1. The van der Waals surface area contributed by atoms with Gasteiger partial charge in [0.2, 0.25) is 11.8 Å². The van der Waals surface area contributed by atoms with Gasteiger partial charge in [-0.1, -0.05) is 60.7 Å². The van der Waals surface area contributed by atoms with Crippen LogP contribution in [0.15, 0.2) is 72.7 Å². The van der Waals surface area contributed by atoms with E-state index in [1.165, 1.54) is 17.7 Å². The molecular weight excluding hydrogens is 400 g/mol. The fourth-order valence-electron chi connectivity index (χ4n) is 3.37. The number of rotatable bonds is 7. The number of sulfonamides is 1. The van der Waals surface area contributed by atoms with E-state index in [0.29, 0.717) is 25.1 Å². The standard InChI is InChI=1S/C23H24N2O4S/c1-2-8-21(23(27)25-15-13-19-11-6-7-12-20(19)17-25)22(26)24-30(28,29)16-14-18-9-4-3-5-10-18/h2-7,9-12,14,16,21H,1,8,13,15,17H2,(H,24,26). The van der Waals surface area contributed by atoms with Gasteiger partial charge in [-0.2, -0.15) is 0 Å². The molecule has 30 heavy (non-hydrogen) atoms. The molecule has 1 unspecified atom stereocenters. The van der Waals surface area contributed by atoms with Gasteiger partial charge in [0.25, 0.3) is 10.0 Å². The summed E-state index contributed by atoms with van der Waals surface area (Å²) in [4.78, 5) is 27.3. The van der Waals surface area contributed by atoms with E-state index >= 15 is 0 Å². The largest absolute Gasteiger partial charge is 0.337 e. The van der Waals surface area contributed by atoms with Crippen molar-refractivity contribution in [1.29, 1.82) is 0 Å². The molecule has 7 heteroatoms. The molecule has 2 aromatic carbocycles. The number of amides is 2. The molecule has 1 aliphatic heterocycles. The lowest BCUT2D eigenvalue weighted by Crippen LogP contribution is -2.46. The molecular formula is C23H24N2O4S. The molecule has 0 aromatic heterocycles. The highest BCUT2D eigenvalue weighted by Gasteiger charge is 2.33. The Morgan fingerprint density at radius 3 is 2.43 bits per heavy atom. The Morgan fingerprint density at radius 1 is 1.07 bits per heavy atom. The van der Waals surface area contributed by atoms with Gasteiger partial charge in [0.05, 0.1) is 5.41 Å². The van der Waals surface area contributed by atoms with Crippen molar-refractivity contribution in [3.05, 3.63) is 89.4 Å². The zero-order chi connectivity index (χ0) is 21.6. The summed E-state index contributed by atoms with van der Waals surface area (Å²) in [6.07, 6.45) is 3.59. The average molecular weight is 425 g/mol. The van der Waals surface area contributed by atoms with Crippen molar-refractivity contribution in [1.82, 2.24) is 9.62 Å². The van der Waals surface area contributed by atoms with Crippen molar-refractivity contribution in [3.63, 3.8) is 0 Å². The van der Waals surface area contributed by atoms with Crippen LogP contribution in [0, 0.1) is 5.92 Å². The van der Waals surface area contributed by atoms with E-state index < -0.39 is 27.8 Å². The van der Waals surface area contributed by atoms with Gasteiger partial charge in [0.1, 0.15) is 5.92 Å². The van der Waals surface area contributed by atoms with E-state index in [1.54, 1.807) is 29.2 Å². The van der Waals surface area contributed by atoms with Crippen molar-refractivity contribution in [2.75, 3.05) is 6.54 Å². The van der Waals surface area contributed by atoms with Crippen LogP contribution in [0.5, 0.6) is 0 Å². The molecule has 2 amide bonds. The highest BCUT2D eigenvalue weighted by molar-refractivity contribution is 7.93. The van der Waals surface area contributed by atoms with Gasteiger partial charge in [-0.25, -0.2) is 13.1 Å². The van der Waals surface area contributed by atoms with Gasteiger partial charge < -0.3 is 4.90 Å². The first-order valence-electron chi connectivity index (χ1n) is 9.66. The fourth-order valence-corrected chi connectivity index (χ4v) is 4.20. The lowest BCUT2D eigenvalue weighted by Gasteiger charge is -2.31. The Hall–Kier alpha value is -3.19. The summed E-state index contributed by atoms with van der Waals surface area (Å²) < 4.78 is 26.6. The van der Waals surface area contributed by atoms with E-state index in [2.05, 4.69) is 6.58 Å². The molecule has 3 rings (SSSR count). The second-order valence-electron chi connectivity index (χ2n) is 7.08. The zero-order valence-corrected chi connectivity index (χ0v) is 17.3. The smallest absolute Gasteiger partial charge is 0.257 e. The van der Waals surface area contributed by atoms with Crippen LogP contribution in [0.3, 0.4) is 0 Å². The number of fused-ring (bicyclic) bond motifs is 1. The molecule has 2 aromatic rings. The lowest BCUT2D eigenvalue weighted by atomic mass is 9.97. The summed E-state index contributed by atoms with van der Waals surface area (Å²) in [5, 5.41) is 0.923. The topological polar surface area (TPSA) is 83.5 Å². The number of carbonyl (C=O) groups excluding carboxylic acids is 2. The van der Waals surface area contributed by atoms with Gasteiger partial charge in [0.15, 0.2) is 0 Å². The molecule has 0 fully saturated rings. The summed E-state index contributed by atoms with van der Waals surface area (Å²) in [6, 6.07) is 16.7. The van der Waals surface area contributed by atoms with Crippen LogP contribution in [0.25, 0.3) is 6.08 Å². The molecule has 1 aliphatic rings. The number of carbonyl (C=O) groups is 2. The van der Waals surface area contributed by atoms with Crippen LogP contribution in [0.2, 0.25) is 0 Å². The van der Waals surface area contributed by atoms with Gasteiger partial charge >= 0.3 is 0 Å². The number of hydrogen-bond donors (Lipinski definition) is 1. The van der Waals surface area contributed by atoms with Gasteiger partial charge in [0, 0.05) is 13.1 Å². The minimum absolute atomic E-state index is 0.0563. The van der Waals surface area contributed by atoms with E-state index in [1.807, 2.05) is 35.1 Å². The van der Waals surface area contributed by atoms with Crippen LogP contribution in [-0.2, 0) is 32.6 Å². The molecule has 6 nitrogen and oxygen atoms in total. The number of nitrogens with zero attached hydrogens (tertiary/aromatic N) is 1. The molecule has 0 saturated carbocycles. The third kappa shape index (κ3) is 5.45. The normalized spacial score (nSPS) is 14.7. The Labute approximate surface area is 177 Å². The Balaban J connectivity index is 1.70. The SMILES string of the molecule is C=CCC(C(=O)NS(=O)(=O)C=Cc1ccccc1)C(=O)N1CCc2ccccc2C1. The summed E-state index contributed by atoms with van der Waals surface area (Å²) >= 11 is 0. The fraction of sp³-hybridized carbons (Fsp3) is 0.217. The summed E-state index contributed by atoms with van der Waals surface area (Å²) in [7, 11) is -4.04. The predicted octanol–water partition coefficient (Wildman–Crippen LogP) is 2.88. The Morgan fingerprint density at radius 2 is 1.73 bits per heavy atom. The molecule has 0 saturated heterocycles. The monoisotopic (exact) mass is 424 g/mol. The van der Waals surface area contributed by atoms with E-state index in [4.69, 9.17) is 0 Å². The zero-order valence-electron chi connectivity index (χ0n) is 16.5. The van der Waals surface area contributed by atoms with Gasteiger partial charge in [-0.3, -0.25) is 9.59 Å². The Bertz CT molecular complexity index is 1060. The first kappa shape index (κ1) is 21.5. The maximum absolute atomic E-state index is 13.0. The van der Waals surface area contributed by atoms with Gasteiger partial charge in [-0.05, 0) is 35.6 Å². The minimum Gasteiger partial charge on any atom is -0.337 e. The van der Waals surface area contributed by atoms with Crippen LogP contribution in [0.4, 0.5) is 0 Å². The quantitative estimate of drug-likeness (QED) is 0.547. The second kappa shape index (κ2) is 9.54. The summed E-state index contributed by atoms with van der Waals surface area (Å²) in [5.41, 5.74) is 2.90. The Kier molecular flexibility index (Phi) is 6.84. The van der Waals surface area contributed by atoms with Crippen molar-refractivity contribution in [3.8, 4) is 0 Å².